The van der Waals surface area contributed by atoms with Gasteiger partial charge in [-0.25, -0.2) is 0 Å². The minimum atomic E-state index is -4.61. The number of aliphatic hydroxyl groups excluding tert-OH is 1. The number of rotatable bonds is 41. The quantitative estimate of drug-likeness (QED) is 0.0275. The highest BCUT2D eigenvalue weighted by Crippen LogP contribution is 2.38. The number of likely N-dealkylation sites (N-methyl/N-ethyl adjacent to an activating group) is 1. The highest BCUT2D eigenvalue weighted by molar-refractivity contribution is 7.45. The molecule has 0 rings (SSSR count). The van der Waals surface area contributed by atoms with Crippen LogP contribution in [0.25, 0.3) is 0 Å². The monoisotopic (exact) mass is 833 g/mol. The fourth-order valence-electron chi connectivity index (χ4n) is 6.13. The molecule has 0 aliphatic carbocycles. The fraction of sp³-hybridized carbons (Fsp3) is 0.735. The summed E-state index contributed by atoms with van der Waals surface area (Å²) in [4.78, 5) is 25.3. The first-order chi connectivity index (χ1) is 28.0. The molecule has 3 unspecified atom stereocenters. The number of unbranched alkanes of at least 4 members (excludes halogenated alkanes) is 18. The lowest BCUT2D eigenvalue weighted by molar-refractivity contribution is -0.870. The number of hydrogen-bond acceptors (Lipinski definition) is 6. The Morgan fingerprint density at radius 3 is 1.52 bits per heavy atom. The van der Waals surface area contributed by atoms with Crippen molar-refractivity contribution in [3.05, 3.63) is 72.9 Å². The van der Waals surface area contributed by atoms with E-state index in [2.05, 4.69) is 79.9 Å². The van der Waals surface area contributed by atoms with Crippen LogP contribution in [-0.2, 0) is 18.4 Å². The highest BCUT2D eigenvalue weighted by Gasteiger charge is 2.23. The number of allylic oxidation sites excluding steroid dienone is 11. The number of phosphoric acid groups is 1. The van der Waals surface area contributed by atoms with Gasteiger partial charge in [0.05, 0.1) is 39.9 Å². The van der Waals surface area contributed by atoms with Gasteiger partial charge in [-0.2, -0.15) is 0 Å². The van der Waals surface area contributed by atoms with E-state index >= 15 is 0 Å². The zero-order valence-corrected chi connectivity index (χ0v) is 38.9. The zero-order valence-electron chi connectivity index (χ0n) is 38.0. The number of nitrogens with one attached hydrogen (secondary N) is 1. The molecule has 2 N–H and O–H groups in total. The summed E-state index contributed by atoms with van der Waals surface area (Å²) in [6, 6.07) is -0.919. The molecule has 0 aliphatic heterocycles. The van der Waals surface area contributed by atoms with Crippen LogP contribution in [-0.4, -0.2) is 68.5 Å². The Balaban J connectivity index is 4.48. The first-order valence-electron chi connectivity index (χ1n) is 23.3. The van der Waals surface area contributed by atoms with Gasteiger partial charge in [-0.05, 0) is 83.5 Å². The van der Waals surface area contributed by atoms with Gasteiger partial charge in [0.25, 0.3) is 7.82 Å². The predicted molar refractivity (Wildman–Crippen MR) is 247 cm³/mol. The van der Waals surface area contributed by atoms with Gasteiger partial charge in [0, 0.05) is 6.42 Å². The van der Waals surface area contributed by atoms with Gasteiger partial charge in [0.1, 0.15) is 13.2 Å². The lowest BCUT2D eigenvalue weighted by atomic mass is 10.1. The Bertz CT molecular complexity index is 1170. The van der Waals surface area contributed by atoms with Crippen molar-refractivity contribution < 1.29 is 32.9 Å². The topological polar surface area (TPSA) is 108 Å². The normalized spacial score (nSPS) is 14.9. The fourth-order valence-corrected chi connectivity index (χ4v) is 6.85. The molecule has 0 radical (unpaired) electrons. The van der Waals surface area contributed by atoms with Crippen molar-refractivity contribution in [3.8, 4) is 0 Å². The third kappa shape index (κ3) is 42.1. The summed E-state index contributed by atoms with van der Waals surface area (Å²) >= 11 is 0. The van der Waals surface area contributed by atoms with Gasteiger partial charge in [-0.1, -0.05) is 164 Å². The lowest BCUT2D eigenvalue weighted by Gasteiger charge is -2.29. The molecule has 1 amide bonds. The average molecular weight is 833 g/mol. The molecule has 0 aromatic heterocycles. The van der Waals surface area contributed by atoms with Gasteiger partial charge >= 0.3 is 0 Å². The lowest BCUT2D eigenvalue weighted by Crippen LogP contribution is -2.45. The maximum atomic E-state index is 12.9. The standard InChI is InChI=1S/C49H89N2O6P/c1-6-8-10-12-14-16-18-20-22-23-24-25-26-27-29-31-33-35-37-39-41-43-49(53)50-47(46-57-58(54,55)56-45-44-51(3,4)5)48(52)42-40-38-36-34-32-30-28-21-19-17-15-13-11-9-7-2/h18-21,23-24,26-27,32,34,40,42,47-48,52H,6-17,22,25,28-31,33,35-39,41,43-46H2,1-5H3,(H-,50,53,54,55)/b20-18-,21-19+,24-23-,27-26-,34-32+,42-40+. The van der Waals surface area contributed by atoms with Crippen LogP contribution in [0.2, 0.25) is 0 Å². The molecule has 0 spiro atoms. The summed E-state index contributed by atoms with van der Waals surface area (Å²) in [7, 11) is 1.21. The number of carbonyl (C=O) groups is 1. The molecule has 0 aliphatic rings. The summed E-state index contributed by atoms with van der Waals surface area (Å²) in [5.41, 5.74) is 0. The number of amides is 1. The van der Waals surface area contributed by atoms with Gasteiger partial charge in [-0.15, -0.1) is 0 Å². The number of aliphatic hydroxyl groups is 1. The minimum Gasteiger partial charge on any atom is -0.756 e. The minimum absolute atomic E-state index is 0.0152. The van der Waals surface area contributed by atoms with E-state index in [1.54, 1.807) is 6.08 Å². The Morgan fingerprint density at radius 2 is 1.02 bits per heavy atom. The van der Waals surface area contributed by atoms with Crippen LogP contribution in [0.4, 0.5) is 0 Å². The molecule has 0 fully saturated rings. The van der Waals surface area contributed by atoms with E-state index < -0.39 is 26.6 Å². The van der Waals surface area contributed by atoms with Crippen molar-refractivity contribution in [1.82, 2.24) is 5.32 Å². The second-order valence-electron chi connectivity index (χ2n) is 16.7. The van der Waals surface area contributed by atoms with E-state index in [-0.39, 0.29) is 12.5 Å². The summed E-state index contributed by atoms with van der Waals surface area (Å²) in [5.74, 6) is -0.228. The van der Waals surface area contributed by atoms with Crippen LogP contribution in [0, 0.1) is 0 Å². The summed E-state index contributed by atoms with van der Waals surface area (Å²) < 4.78 is 23.2. The smallest absolute Gasteiger partial charge is 0.268 e. The molecular formula is C49H89N2O6P. The Kier molecular flexibility index (Phi) is 38.9. The van der Waals surface area contributed by atoms with Crippen LogP contribution >= 0.6 is 7.82 Å². The molecule has 0 aromatic carbocycles. The second kappa shape index (κ2) is 40.4. The molecular weight excluding hydrogens is 744 g/mol. The summed E-state index contributed by atoms with van der Waals surface area (Å²) in [5, 5.41) is 13.7. The summed E-state index contributed by atoms with van der Waals surface area (Å²) in [6.45, 7) is 4.56. The van der Waals surface area contributed by atoms with Crippen LogP contribution in [0.5, 0.6) is 0 Å². The van der Waals surface area contributed by atoms with E-state index in [0.717, 1.165) is 70.6 Å². The highest BCUT2D eigenvalue weighted by atomic mass is 31.2. The predicted octanol–water partition coefficient (Wildman–Crippen LogP) is 12.6. The molecule has 9 heteroatoms. The van der Waals surface area contributed by atoms with Crippen molar-refractivity contribution in [2.45, 2.75) is 193 Å². The van der Waals surface area contributed by atoms with E-state index in [0.29, 0.717) is 17.4 Å². The number of quaternary nitrogens is 1. The first-order valence-corrected chi connectivity index (χ1v) is 24.8. The van der Waals surface area contributed by atoms with Crippen molar-refractivity contribution in [2.75, 3.05) is 40.9 Å². The number of nitrogens with zero attached hydrogens (tertiary/aromatic N) is 1. The third-order valence-electron chi connectivity index (χ3n) is 9.87. The van der Waals surface area contributed by atoms with Gasteiger partial charge in [0.15, 0.2) is 0 Å². The molecule has 0 bridgehead atoms. The van der Waals surface area contributed by atoms with Crippen molar-refractivity contribution in [1.29, 1.82) is 0 Å². The summed E-state index contributed by atoms with van der Waals surface area (Å²) in [6.07, 6.45) is 53.8. The number of carbonyl (C=O) groups excluding carboxylic acids is 1. The molecule has 0 saturated heterocycles. The SMILES string of the molecule is CCCCCCC/C=C\C/C=C\C/C=C\CCCCCCCCC(=O)NC(COP(=O)([O-])OCC[N+](C)(C)C)C(O)/C=C/CC/C=C/CC/C=C/CCCCCCC. The average Bonchev–Trinajstić information content (AvgIpc) is 3.17. The van der Waals surface area contributed by atoms with Gasteiger partial charge in [0.2, 0.25) is 5.91 Å². The van der Waals surface area contributed by atoms with Crippen LogP contribution < -0.4 is 10.2 Å². The van der Waals surface area contributed by atoms with E-state index in [9.17, 15) is 19.4 Å². The Labute approximate surface area is 357 Å². The van der Waals surface area contributed by atoms with Crippen molar-refractivity contribution >= 4 is 13.7 Å². The zero-order chi connectivity index (χ0) is 42.8. The van der Waals surface area contributed by atoms with Gasteiger partial charge < -0.3 is 28.8 Å². The van der Waals surface area contributed by atoms with E-state index in [4.69, 9.17) is 9.05 Å². The molecule has 8 nitrogen and oxygen atoms in total. The Morgan fingerprint density at radius 1 is 0.603 bits per heavy atom. The largest absolute Gasteiger partial charge is 0.756 e. The van der Waals surface area contributed by atoms with Crippen LogP contribution in [0.1, 0.15) is 181 Å². The Hall–Kier alpha value is -2.06. The van der Waals surface area contributed by atoms with E-state index in [1.165, 1.54) is 89.9 Å². The van der Waals surface area contributed by atoms with Crippen LogP contribution in [0.3, 0.4) is 0 Å². The van der Waals surface area contributed by atoms with Gasteiger partial charge in [-0.3, -0.25) is 9.36 Å². The second-order valence-corrected chi connectivity index (χ2v) is 18.1. The molecule has 336 valence electrons. The molecule has 3 atom stereocenters. The first kappa shape index (κ1) is 55.9. The van der Waals surface area contributed by atoms with Crippen molar-refractivity contribution in [3.63, 3.8) is 0 Å². The number of hydrogen-bond donors (Lipinski definition) is 2. The van der Waals surface area contributed by atoms with Crippen molar-refractivity contribution in [2.24, 2.45) is 0 Å². The maximum absolute atomic E-state index is 12.9. The van der Waals surface area contributed by atoms with Crippen LogP contribution in [0.15, 0.2) is 72.9 Å². The number of phosphoric ester groups is 1. The molecule has 0 aromatic rings. The molecule has 0 saturated carbocycles. The maximum Gasteiger partial charge on any atom is 0.268 e. The molecule has 58 heavy (non-hydrogen) atoms. The molecule has 0 heterocycles. The third-order valence-corrected chi connectivity index (χ3v) is 10.8. The van der Waals surface area contributed by atoms with E-state index in [1.807, 2.05) is 27.2 Å².